The lowest BCUT2D eigenvalue weighted by atomic mass is 10.2. The number of aryl methyl sites for hydroxylation is 2. The normalized spacial score (nSPS) is 12.2. The molecule has 0 aliphatic rings. The molecule has 2 aromatic rings. The zero-order valence-electron chi connectivity index (χ0n) is 11.4. The first-order valence-corrected chi connectivity index (χ1v) is 6.38. The highest BCUT2D eigenvalue weighted by molar-refractivity contribution is 5.33. The quantitative estimate of drug-likeness (QED) is 0.915. The molecule has 2 aromatic heterocycles. The number of aliphatic hydroxyl groups excluding tert-OH is 1. The van der Waals surface area contributed by atoms with Crippen LogP contribution in [0.25, 0.3) is 0 Å². The molecule has 0 spiro atoms. The number of aromatic nitrogens is 2. The second kappa shape index (κ2) is 5.80. The summed E-state index contributed by atoms with van der Waals surface area (Å²) in [6.07, 6.45) is 1.91. The van der Waals surface area contributed by atoms with E-state index in [-0.39, 0.29) is 0 Å². The molecular weight excluding hydrogens is 240 g/mol. The lowest BCUT2D eigenvalue weighted by Crippen LogP contribution is -1.98. The third kappa shape index (κ3) is 3.29. The molecule has 0 fully saturated rings. The lowest BCUT2D eigenvalue weighted by Gasteiger charge is -2.10. The molecule has 4 nitrogen and oxygen atoms in total. The Morgan fingerprint density at radius 1 is 1.26 bits per heavy atom. The van der Waals surface area contributed by atoms with Gasteiger partial charge in [-0.1, -0.05) is 6.92 Å². The predicted molar refractivity (Wildman–Crippen MR) is 73.3 cm³/mol. The van der Waals surface area contributed by atoms with E-state index in [9.17, 15) is 5.11 Å². The van der Waals surface area contributed by atoms with Gasteiger partial charge in [-0.15, -0.1) is 0 Å². The zero-order valence-corrected chi connectivity index (χ0v) is 11.4. The van der Waals surface area contributed by atoms with Crippen LogP contribution in [-0.4, -0.2) is 15.1 Å². The summed E-state index contributed by atoms with van der Waals surface area (Å²) in [5.41, 5.74) is 2.66. The first-order chi connectivity index (χ1) is 9.10. The van der Waals surface area contributed by atoms with Crippen molar-refractivity contribution in [3.63, 3.8) is 0 Å². The van der Waals surface area contributed by atoms with Crippen LogP contribution in [-0.2, 0) is 6.42 Å². The van der Waals surface area contributed by atoms with Gasteiger partial charge in [-0.05, 0) is 44.0 Å². The number of pyridine rings is 2. The number of hydrogen-bond donors (Lipinski definition) is 1. The van der Waals surface area contributed by atoms with Crippen molar-refractivity contribution in [2.24, 2.45) is 0 Å². The van der Waals surface area contributed by atoms with Crippen LogP contribution < -0.4 is 4.74 Å². The molecule has 1 atom stereocenters. The molecule has 2 heterocycles. The molecule has 0 bridgehead atoms. The molecule has 0 aliphatic carbocycles. The van der Waals surface area contributed by atoms with Crippen molar-refractivity contribution >= 4 is 0 Å². The summed E-state index contributed by atoms with van der Waals surface area (Å²) in [5, 5.41) is 9.43. The van der Waals surface area contributed by atoms with Crippen molar-refractivity contribution in [3.05, 3.63) is 47.4 Å². The summed E-state index contributed by atoms with van der Waals surface area (Å²) < 4.78 is 5.73. The van der Waals surface area contributed by atoms with Gasteiger partial charge >= 0.3 is 0 Å². The topological polar surface area (TPSA) is 55.2 Å². The Morgan fingerprint density at radius 3 is 2.63 bits per heavy atom. The van der Waals surface area contributed by atoms with E-state index in [1.54, 1.807) is 25.3 Å². The van der Waals surface area contributed by atoms with Crippen LogP contribution in [0, 0.1) is 6.92 Å². The fraction of sp³-hybridized carbons (Fsp3) is 0.333. The summed E-state index contributed by atoms with van der Waals surface area (Å²) in [4.78, 5) is 8.62. The molecule has 0 aliphatic heterocycles. The fourth-order valence-electron chi connectivity index (χ4n) is 1.76. The van der Waals surface area contributed by atoms with E-state index in [0.29, 0.717) is 5.88 Å². The first-order valence-electron chi connectivity index (χ1n) is 6.38. The number of aliphatic hydroxyl groups is 1. The van der Waals surface area contributed by atoms with Crippen LogP contribution in [0.5, 0.6) is 11.6 Å². The Hall–Kier alpha value is -1.94. The van der Waals surface area contributed by atoms with Gasteiger partial charge in [-0.2, -0.15) is 0 Å². The number of nitrogens with zero attached hydrogens (tertiary/aromatic N) is 2. The fourth-order valence-corrected chi connectivity index (χ4v) is 1.76. The van der Waals surface area contributed by atoms with E-state index < -0.39 is 6.10 Å². The summed E-state index contributed by atoms with van der Waals surface area (Å²) in [6, 6.07) is 7.38. The van der Waals surface area contributed by atoms with Gasteiger partial charge in [0.05, 0.1) is 11.8 Å². The molecule has 0 aromatic carbocycles. The van der Waals surface area contributed by atoms with Gasteiger partial charge in [0, 0.05) is 18.0 Å². The van der Waals surface area contributed by atoms with E-state index in [0.717, 1.165) is 29.1 Å². The number of rotatable bonds is 4. The van der Waals surface area contributed by atoms with Crippen LogP contribution in [0.2, 0.25) is 0 Å². The van der Waals surface area contributed by atoms with Gasteiger partial charge in [0.2, 0.25) is 5.88 Å². The van der Waals surface area contributed by atoms with Gasteiger partial charge in [0.15, 0.2) is 5.75 Å². The number of ether oxygens (including phenoxy) is 1. The monoisotopic (exact) mass is 258 g/mol. The van der Waals surface area contributed by atoms with Crippen molar-refractivity contribution in [1.82, 2.24) is 9.97 Å². The molecule has 0 amide bonds. The van der Waals surface area contributed by atoms with Crippen molar-refractivity contribution in [1.29, 1.82) is 0 Å². The minimum Gasteiger partial charge on any atom is -0.437 e. The van der Waals surface area contributed by atoms with Crippen molar-refractivity contribution in [2.45, 2.75) is 33.3 Å². The van der Waals surface area contributed by atoms with Gasteiger partial charge < -0.3 is 9.84 Å². The molecule has 0 saturated carbocycles. The van der Waals surface area contributed by atoms with Crippen LogP contribution >= 0.6 is 0 Å². The molecule has 4 heteroatoms. The zero-order chi connectivity index (χ0) is 13.8. The SMILES string of the molecule is CCc1nc(C)ccc1Oc1ccc([C@@H](C)O)cn1. The maximum absolute atomic E-state index is 9.43. The van der Waals surface area contributed by atoms with Gasteiger partial charge in [0.25, 0.3) is 0 Å². The highest BCUT2D eigenvalue weighted by Crippen LogP contribution is 2.24. The summed E-state index contributed by atoms with van der Waals surface area (Å²) in [7, 11) is 0. The Kier molecular flexibility index (Phi) is 4.12. The highest BCUT2D eigenvalue weighted by atomic mass is 16.5. The standard InChI is InChI=1S/C15H18N2O2/c1-4-13-14(7-5-10(2)17-13)19-15-8-6-12(9-16-15)11(3)18/h5-9,11,18H,4H2,1-3H3/t11-/m1/s1. The Bertz CT molecular complexity index is 551. The molecule has 19 heavy (non-hydrogen) atoms. The average molecular weight is 258 g/mol. The summed E-state index contributed by atoms with van der Waals surface area (Å²) in [5.74, 6) is 1.23. The van der Waals surface area contributed by atoms with Crippen LogP contribution in [0.3, 0.4) is 0 Å². The Morgan fingerprint density at radius 2 is 2.05 bits per heavy atom. The average Bonchev–Trinajstić information content (AvgIpc) is 2.41. The smallest absolute Gasteiger partial charge is 0.219 e. The summed E-state index contributed by atoms with van der Waals surface area (Å²) in [6.45, 7) is 5.70. The number of hydrogen-bond acceptors (Lipinski definition) is 4. The molecular formula is C15H18N2O2. The van der Waals surface area contributed by atoms with Crippen LogP contribution in [0.4, 0.5) is 0 Å². The van der Waals surface area contributed by atoms with E-state index in [2.05, 4.69) is 9.97 Å². The first kappa shape index (κ1) is 13.5. The predicted octanol–water partition coefficient (Wildman–Crippen LogP) is 3.19. The molecule has 0 saturated heterocycles. The largest absolute Gasteiger partial charge is 0.437 e. The second-order valence-electron chi connectivity index (χ2n) is 4.46. The maximum atomic E-state index is 9.43. The summed E-state index contributed by atoms with van der Waals surface area (Å²) >= 11 is 0. The van der Waals surface area contributed by atoms with E-state index in [1.807, 2.05) is 26.0 Å². The van der Waals surface area contributed by atoms with Gasteiger partial charge in [-0.3, -0.25) is 4.98 Å². The Labute approximate surface area is 113 Å². The molecule has 100 valence electrons. The Balaban J connectivity index is 2.21. The highest BCUT2D eigenvalue weighted by Gasteiger charge is 2.07. The third-order valence-electron chi connectivity index (χ3n) is 2.86. The van der Waals surface area contributed by atoms with Crippen LogP contribution in [0.1, 0.15) is 36.9 Å². The van der Waals surface area contributed by atoms with E-state index in [4.69, 9.17) is 4.74 Å². The minimum atomic E-state index is -0.520. The minimum absolute atomic E-state index is 0.504. The maximum Gasteiger partial charge on any atom is 0.219 e. The van der Waals surface area contributed by atoms with Crippen molar-refractivity contribution in [3.8, 4) is 11.6 Å². The van der Waals surface area contributed by atoms with E-state index in [1.165, 1.54) is 0 Å². The van der Waals surface area contributed by atoms with Crippen LogP contribution in [0.15, 0.2) is 30.5 Å². The third-order valence-corrected chi connectivity index (χ3v) is 2.86. The molecule has 0 unspecified atom stereocenters. The van der Waals surface area contributed by atoms with Gasteiger partial charge in [0.1, 0.15) is 0 Å². The molecule has 0 radical (unpaired) electrons. The second-order valence-corrected chi connectivity index (χ2v) is 4.46. The van der Waals surface area contributed by atoms with E-state index >= 15 is 0 Å². The lowest BCUT2D eigenvalue weighted by molar-refractivity contribution is 0.198. The molecule has 1 N–H and O–H groups in total. The molecule has 2 rings (SSSR count). The van der Waals surface area contributed by atoms with Gasteiger partial charge in [-0.25, -0.2) is 4.98 Å². The van der Waals surface area contributed by atoms with Crippen molar-refractivity contribution < 1.29 is 9.84 Å². The van der Waals surface area contributed by atoms with Crippen molar-refractivity contribution in [2.75, 3.05) is 0 Å².